The van der Waals surface area contributed by atoms with Crippen molar-refractivity contribution in [3.63, 3.8) is 0 Å². The molecular formula is C20H24O6. The van der Waals surface area contributed by atoms with E-state index in [0.29, 0.717) is 32.1 Å². The third-order valence-corrected chi connectivity index (χ3v) is 8.22. The van der Waals surface area contributed by atoms with Gasteiger partial charge in [-0.3, -0.25) is 9.59 Å². The molecule has 1 spiro atoms. The summed E-state index contributed by atoms with van der Waals surface area (Å²) in [6.07, 6.45) is 6.39. The summed E-state index contributed by atoms with van der Waals surface area (Å²) in [6.45, 7) is 3.71. The number of methoxy groups -OCH3 is 1. The van der Waals surface area contributed by atoms with Crippen LogP contribution in [0.15, 0.2) is 24.3 Å². The number of aliphatic hydroxyl groups excluding tert-OH is 1. The second-order valence-corrected chi connectivity index (χ2v) is 8.94. The lowest BCUT2D eigenvalue weighted by molar-refractivity contribution is -0.164. The molecule has 2 N–H and O–H groups in total. The molecule has 6 heteroatoms. The highest BCUT2D eigenvalue weighted by molar-refractivity contribution is 5.87. The van der Waals surface area contributed by atoms with Crippen LogP contribution in [0.25, 0.3) is 0 Å². The first-order valence-corrected chi connectivity index (χ1v) is 9.30. The van der Waals surface area contributed by atoms with Crippen LogP contribution in [-0.4, -0.2) is 47.1 Å². The number of esters is 2. The zero-order chi connectivity index (χ0) is 18.5. The first kappa shape index (κ1) is 16.5. The molecule has 1 saturated heterocycles. The SMILES string of the molecule is C=C1CC23CC1(O)CCC2C12CC=CC(CO)(C(=O)O1)C2C3C(=O)OC. The summed E-state index contributed by atoms with van der Waals surface area (Å²) in [5.41, 5.74) is -2.74. The predicted molar refractivity (Wildman–Crippen MR) is 89.6 cm³/mol. The minimum absolute atomic E-state index is 0.0500. The van der Waals surface area contributed by atoms with Gasteiger partial charge in [0.05, 0.1) is 25.2 Å². The Balaban J connectivity index is 1.76. The first-order valence-electron chi connectivity index (χ1n) is 9.30. The molecule has 4 bridgehead atoms. The molecule has 0 radical (unpaired) electrons. The monoisotopic (exact) mass is 360 g/mol. The van der Waals surface area contributed by atoms with Gasteiger partial charge in [-0.2, -0.15) is 0 Å². The third kappa shape index (κ3) is 1.46. The number of hydrogen-bond donors (Lipinski definition) is 2. The van der Waals surface area contributed by atoms with E-state index in [4.69, 9.17) is 9.47 Å². The average Bonchev–Trinajstić information content (AvgIpc) is 3.01. The minimum atomic E-state index is -1.20. The van der Waals surface area contributed by atoms with Crippen LogP contribution in [0.1, 0.15) is 32.1 Å². The van der Waals surface area contributed by atoms with E-state index in [9.17, 15) is 19.8 Å². The van der Waals surface area contributed by atoms with Crippen molar-refractivity contribution >= 4 is 11.9 Å². The highest BCUT2D eigenvalue weighted by atomic mass is 16.6. The summed E-state index contributed by atoms with van der Waals surface area (Å²) >= 11 is 0. The molecule has 5 rings (SSSR count). The molecule has 4 aliphatic carbocycles. The number of ether oxygens (including phenoxy) is 2. The molecular weight excluding hydrogens is 336 g/mol. The topological polar surface area (TPSA) is 93.1 Å². The fourth-order valence-electron chi connectivity index (χ4n) is 7.39. The van der Waals surface area contributed by atoms with E-state index in [1.54, 1.807) is 6.08 Å². The van der Waals surface area contributed by atoms with Crippen molar-refractivity contribution in [2.75, 3.05) is 13.7 Å². The lowest BCUT2D eigenvalue weighted by atomic mass is 9.62. The molecule has 1 heterocycles. The maximum absolute atomic E-state index is 13.0. The molecule has 4 fully saturated rings. The van der Waals surface area contributed by atoms with E-state index in [1.165, 1.54) is 7.11 Å². The van der Waals surface area contributed by atoms with Gasteiger partial charge in [0.2, 0.25) is 0 Å². The maximum Gasteiger partial charge on any atom is 0.319 e. The van der Waals surface area contributed by atoms with Gasteiger partial charge in [0.25, 0.3) is 0 Å². The van der Waals surface area contributed by atoms with E-state index >= 15 is 0 Å². The molecule has 5 aliphatic rings. The van der Waals surface area contributed by atoms with Gasteiger partial charge in [-0.15, -0.1) is 0 Å². The van der Waals surface area contributed by atoms with Gasteiger partial charge in [0.15, 0.2) is 0 Å². The Morgan fingerprint density at radius 2 is 2.27 bits per heavy atom. The summed E-state index contributed by atoms with van der Waals surface area (Å²) in [4.78, 5) is 25.8. The van der Waals surface area contributed by atoms with Crippen LogP contribution in [0, 0.1) is 28.6 Å². The highest BCUT2D eigenvalue weighted by Gasteiger charge is 2.83. The van der Waals surface area contributed by atoms with Gasteiger partial charge < -0.3 is 19.7 Å². The standard InChI is InChI=1S/C20H24O6/c1-11-8-18-9-19(11,24)7-4-12(18)20-6-3-5-17(10-21,16(23)26-20)14(20)13(18)15(22)25-2/h3,5,12-14,21,24H,1,4,6-10H2,2H3. The Hall–Kier alpha value is -1.66. The Bertz CT molecular complexity index is 772. The predicted octanol–water partition coefficient (Wildman–Crippen LogP) is 1.12. The number of fused-ring (bicyclic) bond motifs is 1. The van der Waals surface area contributed by atoms with E-state index in [0.717, 1.165) is 5.57 Å². The number of carbonyl (C=O) groups is 2. The van der Waals surface area contributed by atoms with Crippen LogP contribution in [0.3, 0.4) is 0 Å². The molecule has 0 aromatic heterocycles. The van der Waals surface area contributed by atoms with Crippen molar-refractivity contribution in [1.82, 2.24) is 0 Å². The largest absolute Gasteiger partial charge is 0.469 e. The summed E-state index contributed by atoms with van der Waals surface area (Å²) in [6, 6.07) is 0. The van der Waals surface area contributed by atoms with E-state index in [-0.39, 0.29) is 11.9 Å². The zero-order valence-corrected chi connectivity index (χ0v) is 14.9. The van der Waals surface area contributed by atoms with Gasteiger partial charge in [-0.25, -0.2) is 0 Å². The summed E-state index contributed by atoms with van der Waals surface area (Å²) in [5, 5.41) is 21.2. The van der Waals surface area contributed by atoms with Crippen molar-refractivity contribution in [1.29, 1.82) is 0 Å². The van der Waals surface area contributed by atoms with Crippen molar-refractivity contribution in [3.8, 4) is 0 Å². The fraction of sp³-hybridized carbons (Fsp3) is 0.700. The molecule has 0 aromatic carbocycles. The van der Waals surface area contributed by atoms with Crippen LogP contribution in [0.5, 0.6) is 0 Å². The molecule has 26 heavy (non-hydrogen) atoms. The smallest absolute Gasteiger partial charge is 0.319 e. The minimum Gasteiger partial charge on any atom is -0.469 e. The number of aliphatic hydroxyl groups is 2. The Kier molecular flexibility index (Phi) is 2.92. The normalized spacial score (nSPS) is 53.3. The molecule has 7 unspecified atom stereocenters. The summed E-state index contributed by atoms with van der Waals surface area (Å²) in [7, 11) is 1.35. The van der Waals surface area contributed by atoms with E-state index < -0.39 is 46.4 Å². The molecule has 140 valence electrons. The Morgan fingerprint density at radius 3 is 2.96 bits per heavy atom. The fourth-order valence-corrected chi connectivity index (χ4v) is 7.39. The summed E-state index contributed by atoms with van der Waals surface area (Å²) in [5.74, 6) is -1.95. The van der Waals surface area contributed by atoms with Crippen LogP contribution in [0.4, 0.5) is 0 Å². The van der Waals surface area contributed by atoms with Gasteiger partial charge >= 0.3 is 11.9 Å². The Morgan fingerprint density at radius 1 is 1.50 bits per heavy atom. The van der Waals surface area contributed by atoms with E-state index in [2.05, 4.69) is 6.58 Å². The Labute approximate surface area is 151 Å². The van der Waals surface area contributed by atoms with Crippen LogP contribution in [-0.2, 0) is 19.1 Å². The second kappa shape index (κ2) is 4.60. The van der Waals surface area contributed by atoms with Gasteiger partial charge in [0.1, 0.15) is 11.0 Å². The summed E-state index contributed by atoms with van der Waals surface area (Å²) < 4.78 is 11.2. The van der Waals surface area contributed by atoms with Gasteiger partial charge in [-0.05, 0) is 36.7 Å². The quantitative estimate of drug-likeness (QED) is 0.566. The zero-order valence-electron chi connectivity index (χ0n) is 14.9. The van der Waals surface area contributed by atoms with E-state index in [1.807, 2.05) is 6.08 Å². The molecule has 0 aromatic rings. The maximum atomic E-state index is 13.0. The third-order valence-electron chi connectivity index (χ3n) is 8.22. The van der Waals surface area contributed by atoms with Crippen molar-refractivity contribution in [2.45, 2.75) is 43.3 Å². The van der Waals surface area contributed by atoms with Crippen LogP contribution >= 0.6 is 0 Å². The average molecular weight is 360 g/mol. The van der Waals surface area contributed by atoms with Gasteiger partial charge in [-0.1, -0.05) is 18.7 Å². The van der Waals surface area contributed by atoms with Crippen molar-refractivity contribution < 1.29 is 29.3 Å². The van der Waals surface area contributed by atoms with Crippen LogP contribution < -0.4 is 0 Å². The highest BCUT2D eigenvalue weighted by Crippen LogP contribution is 2.77. The van der Waals surface area contributed by atoms with Gasteiger partial charge in [0, 0.05) is 18.3 Å². The molecule has 1 aliphatic heterocycles. The lowest BCUT2D eigenvalue weighted by Gasteiger charge is -2.45. The first-order chi connectivity index (χ1) is 12.3. The van der Waals surface area contributed by atoms with Crippen LogP contribution in [0.2, 0.25) is 0 Å². The molecule has 3 saturated carbocycles. The second-order valence-electron chi connectivity index (χ2n) is 8.94. The molecule has 7 atom stereocenters. The molecule has 6 nitrogen and oxygen atoms in total. The number of rotatable bonds is 2. The number of hydrogen-bond acceptors (Lipinski definition) is 6. The molecule has 0 amide bonds. The van der Waals surface area contributed by atoms with Crippen molar-refractivity contribution in [3.05, 3.63) is 24.3 Å². The lowest BCUT2D eigenvalue weighted by Crippen LogP contribution is -2.47. The number of carbonyl (C=O) groups excluding carboxylic acids is 2. The van der Waals surface area contributed by atoms with Crippen molar-refractivity contribution in [2.24, 2.45) is 28.6 Å².